The zero-order chi connectivity index (χ0) is 14.4. The lowest BCUT2D eigenvalue weighted by Gasteiger charge is -2.10. The van der Waals surface area contributed by atoms with Crippen LogP contribution < -0.4 is 11.1 Å². The Bertz CT molecular complexity index is 457. The van der Waals surface area contributed by atoms with E-state index in [4.69, 9.17) is 10.5 Å². The summed E-state index contributed by atoms with van der Waals surface area (Å²) in [5.41, 5.74) is 8.20. The van der Waals surface area contributed by atoms with Gasteiger partial charge in [0.2, 0.25) is 0 Å². The molecule has 1 atom stereocenters. The first-order valence-electron chi connectivity index (χ1n) is 7.43. The number of hydrogen-bond donors (Lipinski definition) is 2. The van der Waals surface area contributed by atoms with Crippen molar-refractivity contribution in [3.05, 3.63) is 29.8 Å². The van der Waals surface area contributed by atoms with E-state index < -0.39 is 0 Å². The largest absolute Gasteiger partial charge is 0.378 e. The number of halogens is 1. The molecule has 118 valence electrons. The van der Waals surface area contributed by atoms with Crippen LogP contribution >= 0.6 is 24.0 Å². The summed E-state index contributed by atoms with van der Waals surface area (Å²) < 4.78 is 5.56. The Morgan fingerprint density at radius 2 is 2.29 bits per heavy atom. The monoisotopic (exact) mass is 403 g/mol. The molecule has 0 bridgehead atoms. The SMILES string of the molecule is CC(C)c1cccc(NC(N)=NCCC2CCCO2)c1.I. The molecule has 1 aromatic carbocycles. The third-order valence-electron chi connectivity index (χ3n) is 3.58. The van der Waals surface area contributed by atoms with Crippen molar-refractivity contribution < 1.29 is 4.74 Å². The molecular weight excluding hydrogens is 377 g/mol. The number of rotatable bonds is 5. The van der Waals surface area contributed by atoms with Gasteiger partial charge in [0, 0.05) is 18.8 Å². The minimum absolute atomic E-state index is 0. The number of guanidine groups is 1. The molecule has 0 aromatic heterocycles. The Morgan fingerprint density at radius 1 is 1.48 bits per heavy atom. The smallest absolute Gasteiger partial charge is 0.193 e. The summed E-state index contributed by atoms with van der Waals surface area (Å²) in [6.07, 6.45) is 3.65. The van der Waals surface area contributed by atoms with Crippen LogP contribution in [0.4, 0.5) is 5.69 Å². The van der Waals surface area contributed by atoms with Gasteiger partial charge in [-0.2, -0.15) is 0 Å². The number of nitrogens with zero attached hydrogens (tertiary/aromatic N) is 1. The Hall–Kier alpha value is -0.820. The van der Waals surface area contributed by atoms with Crippen molar-refractivity contribution in [1.82, 2.24) is 0 Å². The number of nitrogens with one attached hydrogen (secondary N) is 1. The standard InChI is InChI=1S/C16H25N3O.HI/c1-12(2)13-5-3-6-14(11-13)19-16(17)18-9-8-15-7-4-10-20-15;/h3,5-6,11-12,15H,4,7-10H2,1-2H3,(H3,17,18,19);1H. The van der Waals surface area contributed by atoms with Gasteiger partial charge in [0.05, 0.1) is 6.10 Å². The second-order valence-electron chi connectivity index (χ2n) is 5.60. The van der Waals surface area contributed by atoms with Crippen LogP contribution in [0.15, 0.2) is 29.3 Å². The van der Waals surface area contributed by atoms with Gasteiger partial charge in [0.1, 0.15) is 0 Å². The third kappa shape index (κ3) is 6.22. The van der Waals surface area contributed by atoms with Crippen LogP contribution in [0.1, 0.15) is 44.6 Å². The molecule has 1 heterocycles. The normalized spacial score (nSPS) is 18.6. The molecule has 0 amide bonds. The molecule has 2 rings (SSSR count). The maximum atomic E-state index is 5.91. The van der Waals surface area contributed by atoms with E-state index in [1.807, 2.05) is 12.1 Å². The Balaban J connectivity index is 0.00000220. The number of benzene rings is 1. The molecule has 0 aliphatic carbocycles. The fourth-order valence-corrected chi connectivity index (χ4v) is 2.36. The Kier molecular flexibility index (Phi) is 8.03. The molecule has 3 N–H and O–H groups in total. The predicted octanol–water partition coefficient (Wildman–Crippen LogP) is 3.72. The van der Waals surface area contributed by atoms with Gasteiger partial charge in [0.15, 0.2) is 5.96 Å². The zero-order valence-electron chi connectivity index (χ0n) is 12.8. The lowest BCUT2D eigenvalue weighted by Crippen LogP contribution is -2.23. The number of aliphatic imine (C=N–C) groups is 1. The highest BCUT2D eigenvalue weighted by Gasteiger charge is 2.14. The first kappa shape index (κ1) is 18.2. The van der Waals surface area contributed by atoms with Crippen molar-refractivity contribution in [3.63, 3.8) is 0 Å². The molecule has 0 saturated carbocycles. The van der Waals surface area contributed by atoms with Crippen LogP contribution in [-0.4, -0.2) is 25.2 Å². The maximum Gasteiger partial charge on any atom is 0.193 e. The van der Waals surface area contributed by atoms with Crippen LogP contribution in [0.2, 0.25) is 0 Å². The predicted molar refractivity (Wildman–Crippen MR) is 99.6 cm³/mol. The van der Waals surface area contributed by atoms with Gasteiger partial charge in [-0.25, -0.2) is 0 Å². The van der Waals surface area contributed by atoms with Gasteiger partial charge < -0.3 is 15.8 Å². The summed E-state index contributed by atoms with van der Waals surface area (Å²) in [5, 5.41) is 3.15. The van der Waals surface area contributed by atoms with E-state index in [1.165, 1.54) is 12.0 Å². The number of ether oxygens (including phenoxy) is 1. The first-order chi connectivity index (χ1) is 9.65. The molecule has 4 nitrogen and oxygen atoms in total. The van der Waals surface area contributed by atoms with Gasteiger partial charge in [-0.1, -0.05) is 26.0 Å². The average Bonchev–Trinajstić information content (AvgIpc) is 2.92. The number of anilines is 1. The average molecular weight is 403 g/mol. The van der Waals surface area contributed by atoms with E-state index in [0.717, 1.165) is 25.1 Å². The van der Waals surface area contributed by atoms with Crippen molar-refractivity contribution in [2.75, 3.05) is 18.5 Å². The van der Waals surface area contributed by atoms with Crippen molar-refractivity contribution in [2.24, 2.45) is 10.7 Å². The van der Waals surface area contributed by atoms with Crippen molar-refractivity contribution in [2.45, 2.75) is 45.1 Å². The van der Waals surface area contributed by atoms with Crippen molar-refractivity contribution in [3.8, 4) is 0 Å². The van der Waals surface area contributed by atoms with E-state index in [1.54, 1.807) is 0 Å². The molecule has 0 radical (unpaired) electrons. The zero-order valence-corrected chi connectivity index (χ0v) is 15.2. The molecule has 1 aliphatic heterocycles. The lowest BCUT2D eigenvalue weighted by molar-refractivity contribution is 0.106. The van der Waals surface area contributed by atoms with Gasteiger partial charge in [-0.3, -0.25) is 4.99 Å². The maximum absolute atomic E-state index is 5.91. The molecule has 1 unspecified atom stereocenters. The molecule has 1 fully saturated rings. The topological polar surface area (TPSA) is 59.6 Å². The highest BCUT2D eigenvalue weighted by Crippen LogP contribution is 2.18. The molecular formula is C16H26IN3O. The van der Waals surface area contributed by atoms with Crippen LogP contribution in [0.5, 0.6) is 0 Å². The van der Waals surface area contributed by atoms with Crippen LogP contribution in [0, 0.1) is 0 Å². The highest BCUT2D eigenvalue weighted by molar-refractivity contribution is 14.0. The molecule has 5 heteroatoms. The fourth-order valence-electron chi connectivity index (χ4n) is 2.36. The van der Waals surface area contributed by atoms with E-state index >= 15 is 0 Å². The highest BCUT2D eigenvalue weighted by atomic mass is 127. The van der Waals surface area contributed by atoms with Crippen molar-refractivity contribution in [1.29, 1.82) is 0 Å². The van der Waals surface area contributed by atoms with Gasteiger partial charge in [-0.15, -0.1) is 24.0 Å². The van der Waals surface area contributed by atoms with Crippen LogP contribution in [0.25, 0.3) is 0 Å². The molecule has 1 aliphatic rings. The molecule has 1 aromatic rings. The summed E-state index contributed by atoms with van der Waals surface area (Å²) >= 11 is 0. The van der Waals surface area contributed by atoms with Crippen LogP contribution in [0.3, 0.4) is 0 Å². The number of hydrogen-bond acceptors (Lipinski definition) is 2. The minimum Gasteiger partial charge on any atom is -0.378 e. The van der Waals surface area contributed by atoms with Gasteiger partial charge in [0.25, 0.3) is 0 Å². The second-order valence-corrected chi connectivity index (χ2v) is 5.60. The molecule has 21 heavy (non-hydrogen) atoms. The van der Waals surface area contributed by atoms with Gasteiger partial charge >= 0.3 is 0 Å². The van der Waals surface area contributed by atoms with Gasteiger partial charge in [-0.05, 0) is 42.9 Å². The quantitative estimate of drug-likeness (QED) is 0.448. The van der Waals surface area contributed by atoms with Crippen LogP contribution in [-0.2, 0) is 4.74 Å². The summed E-state index contributed by atoms with van der Waals surface area (Å²) in [7, 11) is 0. The van der Waals surface area contributed by atoms with E-state index in [9.17, 15) is 0 Å². The Labute approximate surface area is 144 Å². The summed E-state index contributed by atoms with van der Waals surface area (Å²) in [6, 6.07) is 8.29. The number of nitrogens with two attached hydrogens (primary N) is 1. The molecule has 0 spiro atoms. The van der Waals surface area contributed by atoms with E-state index in [-0.39, 0.29) is 24.0 Å². The minimum atomic E-state index is 0. The first-order valence-corrected chi connectivity index (χ1v) is 7.43. The summed E-state index contributed by atoms with van der Waals surface area (Å²) in [6.45, 7) is 5.97. The van der Waals surface area contributed by atoms with Crippen molar-refractivity contribution >= 4 is 35.6 Å². The van der Waals surface area contributed by atoms with E-state index in [2.05, 4.69) is 36.3 Å². The summed E-state index contributed by atoms with van der Waals surface area (Å²) in [5.74, 6) is 0.985. The molecule has 1 saturated heterocycles. The second kappa shape index (κ2) is 9.25. The lowest BCUT2D eigenvalue weighted by atomic mass is 10.0. The third-order valence-corrected chi connectivity index (χ3v) is 3.58. The fraction of sp³-hybridized carbons (Fsp3) is 0.562. The Morgan fingerprint density at radius 3 is 2.95 bits per heavy atom. The van der Waals surface area contributed by atoms with E-state index in [0.29, 0.717) is 24.5 Å². The summed E-state index contributed by atoms with van der Waals surface area (Å²) in [4.78, 5) is 4.36.